The Morgan fingerprint density at radius 2 is 2.16 bits per heavy atom. The van der Waals surface area contributed by atoms with Crippen LogP contribution in [0.4, 0.5) is 5.69 Å². The Morgan fingerprint density at radius 1 is 1.47 bits per heavy atom. The summed E-state index contributed by atoms with van der Waals surface area (Å²) < 4.78 is 0. The summed E-state index contributed by atoms with van der Waals surface area (Å²) in [5.74, 6) is -0.508. The highest BCUT2D eigenvalue weighted by molar-refractivity contribution is 5.96. The van der Waals surface area contributed by atoms with Crippen LogP contribution >= 0.6 is 0 Å². The molecule has 0 fully saturated rings. The molecule has 0 radical (unpaired) electrons. The van der Waals surface area contributed by atoms with Crippen LogP contribution in [0.2, 0.25) is 0 Å². The molecule has 1 aromatic rings. The van der Waals surface area contributed by atoms with Crippen molar-refractivity contribution in [2.75, 3.05) is 18.5 Å². The summed E-state index contributed by atoms with van der Waals surface area (Å²) in [6, 6.07) is 2.91. The first-order chi connectivity index (χ1) is 8.93. The van der Waals surface area contributed by atoms with E-state index in [2.05, 4.69) is 10.3 Å². The zero-order valence-electron chi connectivity index (χ0n) is 11.5. The normalized spacial score (nSPS) is 12.1. The first-order valence-corrected chi connectivity index (χ1v) is 6.13. The predicted octanol–water partition coefficient (Wildman–Crippen LogP) is 0.144. The number of nitrogens with two attached hydrogens (primary N) is 1. The second kappa shape index (κ2) is 6.84. The van der Waals surface area contributed by atoms with Gasteiger partial charge in [-0.15, -0.1) is 0 Å². The van der Waals surface area contributed by atoms with E-state index in [1.807, 2.05) is 13.8 Å². The lowest BCUT2D eigenvalue weighted by Crippen LogP contribution is -2.47. The number of amides is 2. The molecule has 0 saturated heterocycles. The molecule has 0 aliphatic carbocycles. The van der Waals surface area contributed by atoms with Crippen LogP contribution in [0.1, 0.15) is 13.8 Å². The summed E-state index contributed by atoms with van der Waals surface area (Å²) in [6.07, 6.45) is 3.21. The molecule has 1 rings (SSSR count). The van der Waals surface area contributed by atoms with Crippen LogP contribution in [0.25, 0.3) is 0 Å². The second-order valence-electron chi connectivity index (χ2n) is 4.65. The number of hydrogen-bond donors (Lipinski definition) is 2. The van der Waals surface area contributed by atoms with Gasteiger partial charge in [-0.2, -0.15) is 0 Å². The van der Waals surface area contributed by atoms with E-state index < -0.39 is 6.04 Å². The number of nitrogens with zero attached hydrogens (tertiary/aromatic N) is 2. The number of aromatic nitrogens is 1. The van der Waals surface area contributed by atoms with Crippen LogP contribution in [0.15, 0.2) is 24.5 Å². The van der Waals surface area contributed by atoms with Gasteiger partial charge in [0.15, 0.2) is 0 Å². The third-order valence-electron chi connectivity index (χ3n) is 2.84. The number of likely N-dealkylation sites (N-methyl/N-ethyl adjacent to an activating group) is 1. The number of carbonyl (C=O) groups excluding carboxylic acids is 2. The van der Waals surface area contributed by atoms with Gasteiger partial charge in [0.2, 0.25) is 11.8 Å². The van der Waals surface area contributed by atoms with Crippen molar-refractivity contribution in [1.82, 2.24) is 10.3 Å². The van der Waals surface area contributed by atoms with Crippen molar-refractivity contribution in [3.05, 3.63) is 24.5 Å². The largest absolute Gasteiger partial charge is 0.346 e. The smallest absolute Gasteiger partial charge is 0.246 e. The zero-order valence-corrected chi connectivity index (χ0v) is 11.5. The SMILES string of the molecule is CC(C)[C@H](N)C(=O)NCC(=O)N(C)c1cccnc1. The quantitative estimate of drug-likeness (QED) is 0.792. The number of anilines is 1. The molecule has 0 saturated carbocycles. The highest BCUT2D eigenvalue weighted by Crippen LogP contribution is 2.08. The number of nitrogens with one attached hydrogen (secondary N) is 1. The first-order valence-electron chi connectivity index (χ1n) is 6.13. The third-order valence-corrected chi connectivity index (χ3v) is 2.84. The molecule has 1 aromatic heterocycles. The standard InChI is InChI=1S/C13H20N4O2/c1-9(2)12(14)13(19)16-8-11(18)17(3)10-5-4-6-15-7-10/h4-7,9,12H,8,14H2,1-3H3,(H,16,19)/t12-/m0/s1. The van der Waals surface area contributed by atoms with Crippen LogP contribution in [-0.4, -0.2) is 36.4 Å². The van der Waals surface area contributed by atoms with E-state index in [4.69, 9.17) is 5.73 Å². The minimum atomic E-state index is -0.600. The summed E-state index contributed by atoms with van der Waals surface area (Å²) in [5, 5.41) is 2.54. The third kappa shape index (κ3) is 4.33. The Bertz CT molecular complexity index is 434. The van der Waals surface area contributed by atoms with Crippen molar-refractivity contribution < 1.29 is 9.59 Å². The molecule has 3 N–H and O–H groups in total. The molecule has 6 heteroatoms. The molecule has 104 valence electrons. The number of pyridine rings is 1. The van der Waals surface area contributed by atoms with Gasteiger partial charge >= 0.3 is 0 Å². The van der Waals surface area contributed by atoms with Crippen molar-refractivity contribution in [3.8, 4) is 0 Å². The molecule has 1 atom stereocenters. The molecule has 0 aliphatic heterocycles. The lowest BCUT2D eigenvalue weighted by molar-refractivity contribution is -0.126. The lowest BCUT2D eigenvalue weighted by atomic mass is 10.1. The van der Waals surface area contributed by atoms with Crippen LogP contribution in [0, 0.1) is 5.92 Å². The molecular formula is C13H20N4O2. The summed E-state index contributed by atoms with van der Waals surface area (Å²) >= 11 is 0. The second-order valence-corrected chi connectivity index (χ2v) is 4.65. The summed E-state index contributed by atoms with van der Waals surface area (Å²) in [4.78, 5) is 28.9. The van der Waals surface area contributed by atoms with E-state index >= 15 is 0 Å². The van der Waals surface area contributed by atoms with E-state index in [0.717, 1.165) is 0 Å². The average molecular weight is 264 g/mol. The Morgan fingerprint density at radius 3 is 2.68 bits per heavy atom. The predicted molar refractivity (Wildman–Crippen MR) is 73.5 cm³/mol. The van der Waals surface area contributed by atoms with E-state index in [9.17, 15) is 9.59 Å². The zero-order chi connectivity index (χ0) is 14.4. The minimum Gasteiger partial charge on any atom is -0.346 e. The van der Waals surface area contributed by atoms with Crippen molar-refractivity contribution in [3.63, 3.8) is 0 Å². The molecule has 19 heavy (non-hydrogen) atoms. The van der Waals surface area contributed by atoms with Crippen molar-refractivity contribution in [2.24, 2.45) is 11.7 Å². The van der Waals surface area contributed by atoms with Crippen molar-refractivity contribution in [1.29, 1.82) is 0 Å². The Labute approximate surface area is 113 Å². The minimum absolute atomic E-state index is 0.0335. The summed E-state index contributed by atoms with van der Waals surface area (Å²) in [5.41, 5.74) is 6.36. The molecule has 0 aliphatic rings. The Hall–Kier alpha value is -1.95. The number of rotatable bonds is 5. The fourth-order valence-electron chi connectivity index (χ4n) is 1.40. The molecule has 0 aromatic carbocycles. The molecule has 1 heterocycles. The van der Waals surface area contributed by atoms with Crippen LogP contribution in [0.5, 0.6) is 0 Å². The molecule has 2 amide bonds. The number of carbonyl (C=O) groups is 2. The van der Waals surface area contributed by atoms with Gasteiger partial charge in [0.1, 0.15) is 0 Å². The maximum atomic E-state index is 11.9. The van der Waals surface area contributed by atoms with Gasteiger partial charge in [-0.3, -0.25) is 14.6 Å². The molecular weight excluding hydrogens is 244 g/mol. The Kier molecular flexibility index (Phi) is 5.44. The van der Waals surface area contributed by atoms with Gasteiger partial charge in [0.25, 0.3) is 0 Å². The average Bonchev–Trinajstić information content (AvgIpc) is 2.43. The monoisotopic (exact) mass is 264 g/mol. The number of hydrogen-bond acceptors (Lipinski definition) is 4. The summed E-state index contributed by atoms with van der Waals surface area (Å²) in [6.45, 7) is 3.63. The van der Waals surface area contributed by atoms with Crippen LogP contribution in [-0.2, 0) is 9.59 Å². The maximum absolute atomic E-state index is 11.9. The highest BCUT2D eigenvalue weighted by atomic mass is 16.2. The van der Waals surface area contributed by atoms with Crippen LogP contribution in [0.3, 0.4) is 0 Å². The van der Waals surface area contributed by atoms with Gasteiger partial charge in [-0.05, 0) is 18.1 Å². The first kappa shape index (κ1) is 15.1. The van der Waals surface area contributed by atoms with E-state index in [-0.39, 0.29) is 24.3 Å². The molecule has 0 bridgehead atoms. The van der Waals surface area contributed by atoms with Gasteiger partial charge in [0.05, 0.1) is 24.5 Å². The van der Waals surface area contributed by atoms with E-state index in [1.54, 1.807) is 31.6 Å². The lowest BCUT2D eigenvalue weighted by Gasteiger charge is -2.19. The van der Waals surface area contributed by atoms with Gasteiger partial charge < -0.3 is 16.0 Å². The summed E-state index contributed by atoms with van der Waals surface area (Å²) in [7, 11) is 1.63. The van der Waals surface area contributed by atoms with E-state index in [1.165, 1.54) is 4.90 Å². The molecule has 6 nitrogen and oxygen atoms in total. The fourth-order valence-corrected chi connectivity index (χ4v) is 1.40. The topological polar surface area (TPSA) is 88.3 Å². The van der Waals surface area contributed by atoms with Crippen molar-refractivity contribution in [2.45, 2.75) is 19.9 Å². The van der Waals surface area contributed by atoms with Gasteiger partial charge in [-0.1, -0.05) is 13.8 Å². The fraction of sp³-hybridized carbons (Fsp3) is 0.462. The molecule has 0 unspecified atom stereocenters. The maximum Gasteiger partial charge on any atom is 0.246 e. The van der Waals surface area contributed by atoms with E-state index in [0.29, 0.717) is 5.69 Å². The highest BCUT2D eigenvalue weighted by Gasteiger charge is 2.18. The Balaban J connectivity index is 2.50. The van der Waals surface area contributed by atoms with Gasteiger partial charge in [0, 0.05) is 13.2 Å². The van der Waals surface area contributed by atoms with Crippen LogP contribution < -0.4 is 16.0 Å². The van der Waals surface area contributed by atoms with Crippen molar-refractivity contribution >= 4 is 17.5 Å². The molecule has 0 spiro atoms. The van der Waals surface area contributed by atoms with Gasteiger partial charge in [-0.25, -0.2) is 0 Å².